The first-order valence-corrected chi connectivity index (χ1v) is 8.76. The summed E-state index contributed by atoms with van der Waals surface area (Å²) in [4.78, 5) is 12.0. The summed E-state index contributed by atoms with van der Waals surface area (Å²) in [5.41, 5.74) is 3.52. The lowest BCUT2D eigenvalue weighted by Gasteiger charge is -2.14. The molecule has 116 valence electrons. The number of carbonyl (C=O) groups excluding carboxylic acids is 1. The SMILES string of the molecule is Cc1ccc(C(C)NC(=O)CSCc2ccc(Cl)cc2)cc1. The van der Waals surface area contributed by atoms with Gasteiger partial charge in [-0.25, -0.2) is 0 Å². The number of hydrogen-bond acceptors (Lipinski definition) is 2. The number of rotatable bonds is 6. The molecular weight excluding hydrogens is 314 g/mol. The molecule has 1 amide bonds. The van der Waals surface area contributed by atoms with E-state index in [4.69, 9.17) is 11.6 Å². The third kappa shape index (κ3) is 5.39. The van der Waals surface area contributed by atoms with E-state index < -0.39 is 0 Å². The van der Waals surface area contributed by atoms with Gasteiger partial charge in [0.15, 0.2) is 0 Å². The van der Waals surface area contributed by atoms with E-state index in [2.05, 4.69) is 36.5 Å². The van der Waals surface area contributed by atoms with E-state index in [0.29, 0.717) is 5.75 Å². The third-order valence-corrected chi connectivity index (χ3v) is 4.63. The van der Waals surface area contributed by atoms with Crippen LogP contribution in [0, 0.1) is 6.92 Å². The molecule has 0 aliphatic heterocycles. The van der Waals surface area contributed by atoms with Crippen LogP contribution in [0.2, 0.25) is 5.02 Å². The smallest absolute Gasteiger partial charge is 0.230 e. The Morgan fingerprint density at radius 3 is 2.41 bits per heavy atom. The summed E-state index contributed by atoms with van der Waals surface area (Å²) in [5.74, 6) is 1.33. The normalized spacial score (nSPS) is 12.0. The van der Waals surface area contributed by atoms with Crippen molar-refractivity contribution in [2.45, 2.75) is 25.6 Å². The molecule has 4 heteroatoms. The number of carbonyl (C=O) groups is 1. The first-order chi connectivity index (χ1) is 10.5. The molecular formula is C18H20ClNOS. The zero-order chi connectivity index (χ0) is 15.9. The fraction of sp³-hybridized carbons (Fsp3) is 0.278. The van der Waals surface area contributed by atoms with Crippen molar-refractivity contribution in [2.75, 3.05) is 5.75 Å². The number of halogens is 1. The van der Waals surface area contributed by atoms with Crippen molar-refractivity contribution in [3.63, 3.8) is 0 Å². The molecule has 0 fully saturated rings. The molecule has 0 radical (unpaired) electrons. The number of aryl methyl sites for hydroxylation is 1. The number of amides is 1. The second kappa shape index (κ2) is 8.25. The predicted molar refractivity (Wildman–Crippen MR) is 95.4 cm³/mol. The summed E-state index contributed by atoms with van der Waals surface area (Å²) < 4.78 is 0. The lowest BCUT2D eigenvalue weighted by molar-refractivity contribution is -0.119. The molecule has 0 spiro atoms. The van der Waals surface area contributed by atoms with Gasteiger partial charge in [-0.15, -0.1) is 11.8 Å². The number of benzene rings is 2. The molecule has 1 atom stereocenters. The Morgan fingerprint density at radius 1 is 1.14 bits per heavy atom. The summed E-state index contributed by atoms with van der Waals surface area (Å²) >= 11 is 7.46. The monoisotopic (exact) mass is 333 g/mol. The third-order valence-electron chi connectivity index (χ3n) is 3.37. The predicted octanol–water partition coefficient (Wildman–Crippen LogP) is 4.76. The Hall–Kier alpha value is -1.45. The number of thioether (sulfide) groups is 1. The fourth-order valence-electron chi connectivity index (χ4n) is 2.06. The molecule has 0 aromatic heterocycles. The summed E-state index contributed by atoms with van der Waals surface area (Å²) in [5, 5.41) is 3.76. The van der Waals surface area contributed by atoms with Gasteiger partial charge in [0, 0.05) is 10.8 Å². The van der Waals surface area contributed by atoms with Crippen LogP contribution in [0.3, 0.4) is 0 Å². The molecule has 1 N–H and O–H groups in total. The number of nitrogens with one attached hydrogen (secondary N) is 1. The van der Waals surface area contributed by atoms with Gasteiger partial charge in [-0.1, -0.05) is 53.6 Å². The highest BCUT2D eigenvalue weighted by atomic mass is 35.5. The molecule has 0 heterocycles. The maximum Gasteiger partial charge on any atom is 0.230 e. The average Bonchev–Trinajstić information content (AvgIpc) is 2.50. The standard InChI is InChI=1S/C18H20ClNOS/c1-13-3-7-16(8-4-13)14(2)20-18(21)12-22-11-15-5-9-17(19)10-6-15/h3-10,14H,11-12H2,1-2H3,(H,20,21). The van der Waals surface area contributed by atoms with Crippen LogP contribution in [-0.4, -0.2) is 11.7 Å². The fourth-order valence-corrected chi connectivity index (χ4v) is 2.99. The molecule has 0 bridgehead atoms. The molecule has 0 aliphatic rings. The van der Waals surface area contributed by atoms with Crippen LogP contribution in [0.1, 0.15) is 29.7 Å². The Labute approximate surface area is 141 Å². The van der Waals surface area contributed by atoms with Gasteiger partial charge >= 0.3 is 0 Å². The van der Waals surface area contributed by atoms with Crippen LogP contribution < -0.4 is 5.32 Å². The van der Waals surface area contributed by atoms with Gasteiger partial charge in [-0.2, -0.15) is 0 Å². The molecule has 2 aromatic rings. The highest BCUT2D eigenvalue weighted by Crippen LogP contribution is 2.16. The van der Waals surface area contributed by atoms with Crippen molar-refractivity contribution >= 4 is 29.3 Å². The maximum atomic E-state index is 12.0. The largest absolute Gasteiger partial charge is 0.349 e. The molecule has 22 heavy (non-hydrogen) atoms. The Balaban J connectivity index is 1.75. The summed E-state index contributed by atoms with van der Waals surface area (Å²) in [6.45, 7) is 4.06. The van der Waals surface area contributed by atoms with E-state index in [0.717, 1.165) is 16.3 Å². The zero-order valence-corrected chi connectivity index (χ0v) is 14.4. The van der Waals surface area contributed by atoms with E-state index in [-0.39, 0.29) is 11.9 Å². The number of hydrogen-bond donors (Lipinski definition) is 1. The van der Waals surface area contributed by atoms with Gasteiger partial charge in [-0.3, -0.25) is 4.79 Å². The van der Waals surface area contributed by atoms with Crippen molar-refractivity contribution in [1.29, 1.82) is 0 Å². The van der Waals surface area contributed by atoms with Crippen molar-refractivity contribution in [3.05, 3.63) is 70.2 Å². The lowest BCUT2D eigenvalue weighted by Crippen LogP contribution is -2.28. The quantitative estimate of drug-likeness (QED) is 0.825. The summed E-state index contributed by atoms with van der Waals surface area (Å²) in [7, 11) is 0. The van der Waals surface area contributed by atoms with Crippen molar-refractivity contribution in [1.82, 2.24) is 5.32 Å². The summed E-state index contributed by atoms with van der Waals surface area (Å²) in [6, 6.07) is 16.0. The molecule has 0 aliphatic carbocycles. The van der Waals surface area contributed by atoms with Crippen LogP contribution in [0.5, 0.6) is 0 Å². The topological polar surface area (TPSA) is 29.1 Å². The molecule has 0 saturated carbocycles. The average molecular weight is 334 g/mol. The first-order valence-electron chi connectivity index (χ1n) is 7.22. The minimum absolute atomic E-state index is 0.0317. The van der Waals surface area contributed by atoms with Gasteiger partial charge in [0.1, 0.15) is 0 Å². The van der Waals surface area contributed by atoms with Crippen molar-refractivity contribution < 1.29 is 4.79 Å². The van der Waals surface area contributed by atoms with Crippen LogP contribution in [0.25, 0.3) is 0 Å². The van der Waals surface area contributed by atoms with Crippen LogP contribution in [0.4, 0.5) is 0 Å². The van der Waals surface area contributed by atoms with Crippen molar-refractivity contribution in [3.8, 4) is 0 Å². The molecule has 2 rings (SSSR count). The minimum Gasteiger partial charge on any atom is -0.349 e. The molecule has 2 aromatic carbocycles. The first kappa shape index (κ1) is 16.9. The minimum atomic E-state index is 0.0317. The van der Waals surface area contributed by atoms with Crippen molar-refractivity contribution in [2.24, 2.45) is 0 Å². The lowest BCUT2D eigenvalue weighted by atomic mass is 10.1. The van der Waals surface area contributed by atoms with Gasteiger partial charge in [0.25, 0.3) is 0 Å². The molecule has 1 unspecified atom stereocenters. The summed E-state index contributed by atoms with van der Waals surface area (Å²) in [6.07, 6.45) is 0. The maximum absolute atomic E-state index is 12.0. The highest BCUT2D eigenvalue weighted by molar-refractivity contribution is 7.99. The molecule has 0 saturated heterocycles. The van der Waals surface area contributed by atoms with Gasteiger partial charge in [0.2, 0.25) is 5.91 Å². The second-order valence-corrected chi connectivity index (χ2v) is 6.74. The Kier molecular flexibility index (Phi) is 6.34. The van der Waals surface area contributed by atoms with E-state index >= 15 is 0 Å². The van der Waals surface area contributed by atoms with Gasteiger partial charge in [0.05, 0.1) is 11.8 Å². The molecule has 2 nitrogen and oxygen atoms in total. The van der Waals surface area contributed by atoms with Crippen LogP contribution in [-0.2, 0) is 10.5 Å². The van der Waals surface area contributed by atoms with E-state index in [1.165, 1.54) is 11.1 Å². The van der Waals surface area contributed by atoms with E-state index in [1.807, 2.05) is 31.2 Å². The second-order valence-electron chi connectivity index (χ2n) is 5.32. The van der Waals surface area contributed by atoms with Gasteiger partial charge in [-0.05, 0) is 37.1 Å². The Morgan fingerprint density at radius 2 is 1.77 bits per heavy atom. The highest BCUT2D eigenvalue weighted by Gasteiger charge is 2.09. The van der Waals surface area contributed by atoms with Crippen LogP contribution in [0.15, 0.2) is 48.5 Å². The van der Waals surface area contributed by atoms with E-state index in [1.54, 1.807) is 11.8 Å². The van der Waals surface area contributed by atoms with E-state index in [9.17, 15) is 4.79 Å². The zero-order valence-electron chi connectivity index (χ0n) is 12.8. The van der Waals surface area contributed by atoms with Crippen LogP contribution >= 0.6 is 23.4 Å². The van der Waals surface area contributed by atoms with Gasteiger partial charge < -0.3 is 5.32 Å². The Bertz CT molecular complexity index is 610.